The lowest BCUT2D eigenvalue weighted by atomic mass is 10.0. The SMILES string of the molecule is CC(C)[C@@H](C(=O)O)n1ccc2c(cnc3c(-c4ccc(Cl)cc4)cnn32)c1=O. The van der Waals surface area contributed by atoms with Crippen LogP contribution in [0, 0.1) is 5.92 Å². The Bertz CT molecular complexity index is 1260. The topological polar surface area (TPSA) is 89.5 Å². The molecule has 0 unspecified atom stereocenters. The van der Waals surface area contributed by atoms with Crippen LogP contribution in [0.3, 0.4) is 0 Å². The second-order valence-electron chi connectivity index (χ2n) is 6.91. The van der Waals surface area contributed by atoms with E-state index in [1.54, 1.807) is 42.8 Å². The molecule has 1 N–H and O–H groups in total. The summed E-state index contributed by atoms with van der Waals surface area (Å²) in [6.07, 6.45) is 4.67. The normalized spacial score (nSPS) is 12.7. The van der Waals surface area contributed by atoms with Crippen molar-refractivity contribution in [1.29, 1.82) is 0 Å². The van der Waals surface area contributed by atoms with Gasteiger partial charge in [-0.2, -0.15) is 5.10 Å². The summed E-state index contributed by atoms with van der Waals surface area (Å²) in [5.41, 5.74) is 2.49. The number of carboxylic acids is 1. The number of pyridine rings is 1. The van der Waals surface area contributed by atoms with Crippen LogP contribution in [0.5, 0.6) is 0 Å². The van der Waals surface area contributed by atoms with Crippen molar-refractivity contribution in [3.8, 4) is 11.1 Å². The summed E-state index contributed by atoms with van der Waals surface area (Å²) in [7, 11) is 0. The lowest BCUT2D eigenvalue weighted by molar-refractivity contribution is -0.142. The Morgan fingerprint density at radius 3 is 2.50 bits per heavy atom. The van der Waals surface area contributed by atoms with Gasteiger partial charge in [-0.3, -0.25) is 4.79 Å². The maximum absolute atomic E-state index is 12.9. The molecule has 0 amide bonds. The molecule has 0 saturated carbocycles. The first-order valence-corrected chi connectivity index (χ1v) is 9.12. The van der Waals surface area contributed by atoms with Crippen LogP contribution in [0.2, 0.25) is 5.02 Å². The monoisotopic (exact) mass is 396 g/mol. The van der Waals surface area contributed by atoms with Crippen molar-refractivity contribution in [1.82, 2.24) is 19.2 Å². The van der Waals surface area contributed by atoms with Gasteiger partial charge in [-0.05, 0) is 29.7 Å². The minimum Gasteiger partial charge on any atom is -0.480 e. The van der Waals surface area contributed by atoms with Gasteiger partial charge < -0.3 is 9.67 Å². The third-order valence-electron chi connectivity index (χ3n) is 4.76. The Labute approximate surface area is 164 Å². The first-order chi connectivity index (χ1) is 13.4. The molecule has 0 bridgehead atoms. The van der Waals surface area contributed by atoms with Crippen molar-refractivity contribution in [2.75, 3.05) is 0 Å². The van der Waals surface area contributed by atoms with Gasteiger partial charge in [0.25, 0.3) is 5.56 Å². The van der Waals surface area contributed by atoms with Crippen LogP contribution in [0.1, 0.15) is 19.9 Å². The highest BCUT2D eigenvalue weighted by Gasteiger charge is 2.25. The molecule has 8 heteroatoms. The third kappa shape index (κ3) is 2.84. The molecule has 1 atom stereocenters. The average molecular weight is 397 g/mol. The zero-order valence-corrected chi connectivity index (χ0v) is 16.0. The van der Waals surface area contributed by atoms with E-state index in [1.165, 1.54) is 17.0 Å². The molecule has 3 heterocycles. The molecular formula is C20H17ClN4O3. The van der Waals surface area contributed by atoms with Crippen molar-refractivity contribution < 1.29 is 9.90 Å². The van der Waals surface area contributed by atoms with E-state index >= 15 is 0 Å². The lowest BCUT2D eigenvalue weighted by Gasteiger charge is -2.19. The van der Waals surface area contributed by atoms with E-state index in [2.05, 4.69) is 10.1 Å². The van der Waals surface area contributed by atoms with Crippen LogP contribution in [0.25, 0.3) is 27.7 Å². The largest absolute Gasteiger partial charge is 0.480 e. The minimum atomic E-state index is -1.05. The Morgan fingerprint density at radius 1 is 1.14 bits per heavy atom. The van der Waals surface area contributed by atoms with Gasteiger partial charge in [0.05, 0.1) is 17.1 Å². The van der Waals surface area contributed by atoms with Gasteiger partial charge in [0.15, 0.2) is 5.65 Å². The fourth-order valence-electron chi connectivity index (χ4n) is 3.41. The first-order valence-electron chi connectivity index (χ1n) is 8.75. The molecule has 0 spiro atoms. The standard InChI is InChI=1S/C20H17ClN4O3/c1-11(2)17(20(27)28)24-8-7-16-15(19(24)26)9-22-18-14(10-23-25(16)18)12-3-5-13(21)6-4-12/h3-11,17H,1-2H3,(H,27,28)/t17-/m0/s1. The molecule has 142 valence electrons. The molecule has 4 rings (SSSR count). The van der Waals surface area contributed by atoms with Crippen LogP contribution >= 0.6 is 11.6 Å². The van der Waals surface area contributed by atoms with Crippen LogP contribution in [0.15, 0.2) is 53.7 Å². The summed E-state index contributed by atoms with van der Waals surface area (Å²) in [5.74, 6) is -1.29. The Morgan fingerprint density at radius 2 is 1.86 bits per heavy atom. The average Bonchev–Trinajstić information content (AvgIpc) is 3.08. The zero-order valence-electron chi connectivity index (χ0n) is 15.2. The van der Waals surface area contributed by atoms with Gasteiger partial charge >= 0.3 is 5.97 Å². The lowest BCUT2D eigenvalue weighted by Crippen LogP contribution is -2.33. The maximum atomic E-state index is 12.9. The van der Waals surface area contributed by atoms with E-state index in [9.17, 15) is 14.7 Å². The fourth-order valence-corrected chi connectivity index (χ4v) is 3.53. The summed E-state index contributed by atoms with van der Waals surface area (Å²) in [6, 6.07) is 8.08. The second-order valence-corrected chi connectivity index (χ2v) is 7.35. The predicted octanol–water partition coefficient (Wildman–Crippen LogP) is 3.65. The van der Waals surface area contributed by atoms with Crippen molar-refractivity contribution >= 4 is 34.1 Å². The van der Waals surface area contributed by atoms with Crippen LogP contribution < -0.4 is 5.56 Å². The molecule has 7 nitrogen and oxygen atoms in total. The number of aromatic nitrogens is 4. The van der Waals surface area contributed by atoms with Crippen LogP contribution in [-0.2, 0) is 4.79 Å². The highest BCUT2D eigenvalue weighted by atomic mass is 35.5. The van der Waals surface area contributed by atoms with E-state index in [1.807, 2.05) is 12.1 Å². The second kappa shape index (κ2) is 6.76. The van der Waals surface area contributed by atoms with E-state index in [0.717, 1.165) is 11.1 Å². The molecule has 28 heavy (non-hydrogen) atoms. The summed E-state index contributed by atoms with van der Waals surface area (Å²) in [6.45, 7) is 3.53. The Balaban J connectivity index is 1.93. The first kappa shape index (κ1) is 18.2. The van der Waals surface area contributed by atoms with Gasteiger partial charge in [0, 0.05) is 23.0 Å². The summed E-state index contributed by atoms with van der Waals surface area (Å²) in [4.78, 5) is 29.0. The molecule has 0 aliphatic heterocycles. The third-order valence-corrected chi connectivity index (χ3v) is 5.01. The minimum absolute atomic E-state index is 0.245. The highest BCUT2D eigenvalue weighted by molar-refractivity contribution is 6.30. The smallest absolute Gasteiger partial charge is 0.327 e. The molecular weight excluding hydrogens is 380 g/mol. The molecule has 0 aliphatic rings. The van der Waals surface area contributed by atoms with E-state index < -0.39 is 17.6 Å². The molecule has 1 aromatic carbocycles. The number of rotatable bonds is 4. The molecule has 4 aromatic rings. The van der Waals surface area contributed by atoms with Gasteiger partial charge in [-0.15, -0.1) is 0 Å². The number of hydrogen-bond acceptors (Lipinski definition) is 4. The van der Waals surface area contributed by atoms with Gasteiger partial charge in [-0.25, -0.2) is 14.3 Å². The molecule has 0 radical (unpaired) electrons. The number of nitrogens with zero attached hydrogens (tertiary/aromatic N) is 4. The van der Waals surface area contributed by atoms with Crippen molar-refractivity contribution in [3.63, 3.8) is 0 Å². The van der Waals surface area contributed by atoms with Gasteiger partial charge in [-0.1, -0.05) is 37.6 Å². The van der Waals surface area contributed by atoms with Gasteiger partial charge in [0.1, 0.15) is 6.04 Å². The van der Waals surface area contributed by atoms with E-state index in [-0.39, 0.29) is 5.92 Å². The number of aliphatic carboxylic acids is 1. The Kier molecular flexibility index (Phi) is 4.39. The number of benzene rings is 1. The highest BCUT2D eigenvalue weighted by Crippen LogP contribution is 2.26. The summed E-state index contributed by atoms with van der Waals surface area (Å²) >= 11 is 5.96. The van der Waals surface area contributed by atoms with Gasteiger partial charge in [0.2, 0.25) is 0 Å². The zero-order chi connectivity index (χ0) is 20.0. The fraction of sp³-hybridized carbons (Fsp3) is 0.200. The quantitative estimate of drug-likeness (QED) is 0.568. The van der Waals surface area contributed by atoms with E-state index in [0.29, 0.717) is 21.6 Å². The molecule has 0 saturated heterocycles. The molecule has 0 aliphatic carbocycles. The van der Waals surface area contributed by atoms with Crippen LogP contribution in [-0.4, -0.2) is 30.2 Å². The number of carbonyl (C=O) groups is 1. The number of hydrogen-bond donors (Lipinski definition) is 1. The number of fused-ring (bicyclic) bond motifs is 3. The van der Waals surface area contributed by atoms with E-state index in [4.69, 9.17) is 11.6 Å². The predicted molar refractivity (Wildman–Crippen MR) is 107 cm³/mol. The maximum Gasteiger partial charge on any atom is 0.327 e. The summed E-state index contributed by atoms with van der Waals surface area (Å²) in [5, 5.41) is 14.8. The summed E-state index contributed by atoms with van der Waals surface area (Å²) < 4.78 is 2.84. The number of carboxylic acid groups (broad SMARTS) is 1. The Hall–Kier alpha value is -3.19. The molecule has 0 fully saturated rings. The molecule has 3 aromatic heterocycles. The van der Waals surface area contributed by atoms with Crippen molar-refractivity contribution in [3.05, 3.63) is 64.3 Å². The van der Waals surface area contributed by atoms with Crippen molar-refractivity contribution in [2.45, 2.75) is 19.9 Å². The number of halogens is 1. The van der Waals surface area contributed by atoms with Crippen LogP contribution in [0.4, 0.5) is 0 Å². The van der Waals surface area contributed by atoms with Crippen molar-refractivity contribution in [2.24, 2.45) is 5.92 Å².